The SMILES string of the molecule is CCOc1cc(C(Nc2ccc(C(=N)N)cc2)C(=O)NNC(=O)c2ccncc2Cl)ccc1OCCOC.O=C(O)C(F)(F)F. The molecule has 0 aliphatic rings. The molecule has 1 heterocycles. The van der Waals surface area contributed by atoms with Gasteiger partial charge in [0, 0.05) is 30.8 Å². The molecule has 7 N–H and O–H groups in total. The molecule has 0 radical (unpaired) electrons. The third kappa shape index (κ3) is 11.5. The summed E-state index contributed by atoms with van der Waals surface area (Å²) in [5.74, 6) is -3.05. The second-order valence-corrected chi connectivity index (χ2v) is 9.06. The molecule has 1 unspecified atom stereocenters. The number of hydrogen-bond acceptors (Lipinski definition) is 9. The lowest BCUT2D eigenvalue weighted by atomic mass is 10.0. The molecule has 0 aliphatic heterocycles. The van der Waals surface area contributed by atoms with E-state index in [-0.39, 0.29) is 16.4 Å². The summed E-state index contributed by atoms with van der Waals surface area (Å²) in [6, 6.07) is 12.3. The minimum Gasteiger partial charge on any atom is -0.490 e. The number of pyridine rings is 1. The number of nitrogen functional groups attached to an aromatic ring is 1. The largest absolute Gasteiger partial charge is 0.490 e. The predicted octanol–water partition coefficient (Wildman–Crippen LogP) is 3.69. The number of amides is 2. The minimum absolute atomic E-state index is 0.0752. The fourth-order valence-electron chi connectivity index (χ4n) is 3.36. The number of aromatic nitrogens is 1. The Morgan fingerprint density at radius 3 is 2.27 bits per heavy atom. The zero-order valence-electron chi connectivity index (χ0n) is 23.9. The molecule has 242 valence electrons. The number of carboxylic acid groups (broad SMARTS) is 1. The highest BCUT2D eigenvalue weighted by Gasteiger charge is 2.38. The number of hydrogen-bond donors (Lipinski definition) is 6. The molecule has 17 heteroatoms. The number of carboxylic acids is 1. The van der Waals surface area contributed by atoms with Gasteiger partial charge < -0.3 is 30.4 Å². The lowest BCUT2D eigenvalue weighted by Crippen LogP contribution is -2.45. The van der Waals surface area contributed by atoms with Crippen LogP contribution in [0.4, 0.5) is 18.9 Å². The maximum atomic E-state index is 13.3. The van der Waals surface area contributed by atoms with E-state index in [4.69, 9.17) is 46.9 Å². The number of nitrogens with two attached hydrogens (primary N) is 1. The van der Waals surface area contributed by atoms with Crippen molar-refractivity contribution in [3.05, 3.63) is 82.6 Å². The average molecular weight is 655 g/mol. The highest BCUT2D eigenvalue weighted by Crippen LogP contribution is 2.32. The van der Waals surface area contributed by atoms with Gasteiger partial charge in [-0.05, 0) is 55.0 Å². The van der Waals surface area contributed by atoms with E-state index >= 15 is 0 Å². The molecule has 1 aromatic heterocycles. The van der Waals surface area contributed by atoms with E-state index in [1.165, 1.54) is 18.5 Å². The van der Waals surface area contributed by atoms with E-state index in [9.17, 15) is 22.8 Å². The van der Waals surface area contributed by atoms with Crippen LogP contribution in [0.5, 0.6) is 11.5 Å². The smallest absolute Gasteiger partial charge is 0.490 e. The van der Waals surface area contributed by atoms with Crippen LogP contribution in [0.15, 0.2) is 60.9 Å². The van der Waals surface area contributed by atoms with Gasteiger partial charge in [0.25, 0.3) is 11.8 Å². The molecule has 3 rings (SSSR count). The van der Waals surface area contributed by atoms with Crippen molar-refractivity contribution in [3.8, 4) is 11.5 Å². The third-order valence-electron chi connectivity index (χ3n) is 5.47. The van der Waals surface area contributed by atoms with E-state index in [2.05, 4.69) is 21.2 Å². The van der Waals surface area contributed by atoms with Gasteiger partial charge in [0.1, 0.15) is 18.5 Å². The number of carbonyl (C=O) groups excluding carboxylic acids is 2. The van der Waals surface area contributed by atoms with Crippen LogP contribution in [0.3, 0.4) is 0 Å². The molecule has 0 spiro atoms. The van der Waals surface area contributed by atoms with Crippen molar-refractivity contribution in [2.24, 2.45) is 5.73 Å². The number of nitrogens with zero attached hydrogens (tertiary/aromatic N) is 1. The number of anilines is 1. The lowest BCUT2D eigenvalue weighted by molar-refractivity contribution is -0.192. The molecule has 0 aliphatic carbocycles. The first-order valence-electron chi connectivity index (χ1n) is 12.9. The maximum Gasteiger partial charge on any atom is 0.490 e. The van der Waals surface area contributed by atoms with E-state index < -0.39 is 30.0 Å². The number of amidine groups is 1. The highest BCUT2D eigenvalue weighted by atomic mass is 35.5. The molecular formula is C28H30ClF3N6O7. The van der Waals surface area contributed by atoms with Crippen molar-refractivity contribution in [2.75, 3.05) is 32.2 Å². The van der Waals surface area contributed by atoms with E-state index in [0.29, 0.717) is 48.1 Å². The van der Waals surface area contributed by atoms with Crippen LogP contribution in [0.1, 0.15) is 34.5 Å². The summed E-state index contributed by atoms with van der Waals surface area (Å²) < 4.78 is 48.3. The fourth-order valence-corrected chi connectivity index (χ4v) is 3.56. The monoisotopic (exact) mass is 654 g/mol. The van der Waals surface area contributed by atoms with Crippen molar-refractivity contribution < 1.29 is 46.9 Å². The number of hydrazine groups is 1. The molecule has 0 fully saturated rings. The fraction of sp³-hybridized carbons (Fsp3) is 0.250. The number of carbonyl (C=O) groups is 3. The van der Waals surface area contributed by atoms with E-state index in [0.717, 1.165) is 0 Å². The van der Waals surface area contributed by atoms with E-state index in [1.807, 2.05) is 6.92 Å². The Morgan fingerprint density at radius 1 is 1.04 bits per heavy atom. The standard InChI is InChI=1S/C26H29ClN6O5.C2HF3O2/c1-3-37-22-14-17(6-9-21(22)38-13-12-36-2)23(31-18-7-4-16(5-8-18)24(28)29)26(35)33-32-25(34)19-10-11-30-15-20(19)27;3-2(4,5)1(6)7/h4-11,14-15,23,31H,3,12-13H2,1-2H3,(H3,28,29)(H,32,34)(H,33,35);(H,6,7). The van der Waals surface area contributed by atoms with Crippen LogP contribution in [0.25, 0.3) is 0 Å². The number of alkyl halides is 3. The van der Waals surface area contributed by atoms with Gasteiger partial charge in [-0.2, -0.15) is 13.2 Å². The number of nitrogens with one attached hydrogen (secondary N) is 4. The zero-order chi connectivity index (χ0) is 33.6. The van der Waals surface area contributed by atoms with E-state index in [1.54, 1.807) is 49.6 Å². The number of aliphatic carboxylic acids is 1. The van der Waals surface area contributed by atoms with Crippen molar-refractivity contribution in [2.45, 2.75) is 19.1 Å². The number of benzene rings is 2. The van der Waals surface area contributed by atoms with Gasteiger partial charge in [0.15, 0.2) is 11.5 Å². The quantitative estimate of drug-likeness (QED) is 0.0725. The first-order chi connectivity index (χ1) is 21.3. The van der Waals surface area contributed by atoms with Crippen LogP contribution in [0, 0.1) is 5.41 Å². The van der Waals surface area contributed by atoms with Crippen LogP contribution in [-0.2, 0) is 14.3 Å². The number of ether oxygens (including phenoxy) is 3. The first kappa shape index (κ1) is 36.1. The Labute approximate surface area is 260 Å². The topological polar surface area (TPSA) is 198 Å². The molecule has 1 atom stereocenters. The third-order valence-corrected chi connectivity index (χ3v) is 5.78. The molecular weight excluding hydrogens is 625 g/mol. The second kappa shape index (κ2) is 17.3. The average Bonchev–Trinajstić information content (AvgIpc) is 2.99. The molecule has 2 amide bonds. The van der Waals surface area contributed by atoms with Crippen LogP contribution < -0.4 is 31.4 Å². The van der Waals surface area contributed by atoms with Crippen molar-refractivity contribution in [3.63, 3.8) is 0 Å². The van der Waals surface area contributed by atoms with Crippen molar-refractivity contribution >= 4 is 40.9 Å². The summed E-state index contributed by atoms with van der Waals surface area (Å²) in [7, 11) is 1.58. The number of methoxy groups -OCH3 is 1. The molecule has 45 heavy (non-hydrogen) atoms. The van der Waals surface area contributed by atoms with Gasteiger partial charge in [0.2, 0.25) is 0 Å². The predicted molar refractivity (Wildman–Crippen MR) is 157 cm³/mol. The number of rotatable bonds is 12. The lowest BCUT2D eigenvalue weighted by Gasteiger charge is -2.22. The zero-order valence-corrected chi connectivity index (χ0v) is 24.7. The first-order valence-corrected chi connectivity index (χ1v) is 13.3. The van der Waals surface area contributed by atoms with Gasteiger partial charge in [0.05, 0.1) is 23.8 Å². The molecule has 0 saturated carbocycles. The molecule has 0 saturated heterocycles. The Balaban J connectivity index is 0.000000900. The molecule has 2 aromatic carbocycles. The van der Waals surface area contributed by atoms with Gasteiger partial charge in [-0.1, -0.05) is 17.7 Å². The van der Waals surface area contributed by atoms with Gasteiger partial charge in [-0.3, -0.25) is 30.8 Å². The van der Waals surface area contributed by atoms with Gasteiger partial charge in [-0.15, -0.1) is 0 Å². The van der Waals surface area contributed by atoms with Gasteiger partial charge >= 0.3 is 12.1 Å². The highest BCUT2D eigenvalue weighted by molar-refractivity contribution is 6.33. The van der Waals surface area contributed by atoms with Crippen molar-refractivity contribution in [1.82, 2.24) is 15.8 Å². The Bertz CT molecular complexity index is 1480. The van der Waals surface area contributed by atoms with Crippen LogP contribution in [-0.4, -0.2) is 66.8 Å². The molecule has 13 nitrogen and oxygen atoms in total. The van der Waals surface area contributed by atoms with Crippen LogP contribution in [0.2, 0.25) is 5.02 Å². The second-order valence-electron chi connectivity index (χ2n) is 8.65. The normalized spacial score (nSPS) is 11.2. The Morgan fingerprint density at radius 2 is 1.71 bits per heavy atom. The number of halogens is 4. The van der Waals surface area contributed by atoms with Gasteiger partial charge in [-0.25, -0.2) is 4.79 Å². The van der Waals surface area contributed by atoms with Crippen molar-refractivity contribution in [1.29, 1.82) is 5.41 Å². The minimum atomic E-state index is -5.08. The summed E-state index contributed by atoms with van der Waals surface area (Å²) in [6.07, 6.45) is -2.33. The van der Waals surface area contributed by atoms with Crippen LogP contribution >= 0.6 is 11.6 Å². The summed E-state index contributed by atoms with van der Waals surface area (Å²) in [5.41, 5.74) is 12.2. The molecule has 3 aromatic rings. The Hall–Kier alpha value is -5.09. The molecule has 0 bridgehead atoms. The summed E-state index contributed by atoms with van der Waals surface area (Å²) >= 11 is 6.04. The summed E-state index contributed by atoms with van der Waals surface area (Å²) in [4.78, 5) is 38.6. The Kier molecular flexibility index (Phi) is 13.9. The summed E-state index contributed by atoms with van der Waals surface area (Å²) in [6.45, 7) is 2.94. The summed E-state index contributed by atoms with van der Waals surface area (Å²) in [5, 5.41) is 18.0. The maximum absolute atomic E-state index is 13.3.